The lowest BCUT2D eigenvalue weighted by molar-refractivity contribution is 0.0566. The highest BCUT2D eigenvalue weighted by Gasteiger charge is 2.28. The van der Waals surface area contributed by atoms with Crippen LogP contribution in [0.15, 0.2) is 42.5 Å². The summed E-state index contributed by atoms with van der Waals surface area (Å²) >= 11 is 0. The summed E-state index contributed by atoms with van der Waals surface area (Å²) in [7, 11) is 1.86. The Balaban J connectivity index is 1.96. The molecule has 0 fully saturated rings. The molecule has 0 N–H and O–H groups in total. The van der Waals surface area contributed by atoms with Gasteiger partial charge < -0.3 is 14.5 Å². The molecule has 0 aromatic heterocycles. The van der Waals surface area contributed by atoms with Gasteiger partial charge in [0.05, 0.1) is 11.6 Å². The van der Waals surface area contributed by atoms with Crippen molar-refractivity contribution in [2.45, 2.75) is 65.8 Å². The van der Waals surface area contributed by atoms with Gasteiger partial charge in [-0.3, -0.25) is 9.59 Å². The van der Waals surface area contributed by atoms with Gasteiger partial charge >= 0.3 is 0 Å². The summed E-state index contributed by atoms with van der Waals surface area (Å²) in [6, 6.07) is 13.3. The molecule has 2 aromatic carbocycles. The largest absolute Gasteiger partial charge is 0.491 e. The number of carbonyl (C=O) groups excluding carboxylic acids is 2. The van der Waals surface area contributed by atoms with Gasteiger partial charge in [0.25, 0.3) is 11.8 Å². The SMILES string of the molecule is Cc1cccc(C(=O)N2CCCCCCN(C)C(=O)c3ccccc3OC[C@@H]2CC(C)C)c1C. The van der Waals surface area contributed by atoms with Crippen molar-refractivity contribution in [1.82, 2.24) is 9.80 Å². The highest BCUT2D eigenvalue weighted by molar-refractivity contribution is 5.97. The average Bonchev–Trinajstić information content (AvgIpc) is 2.81. The minimum absolute atomic E-state index is 0.0172. The van der Waals surface area contributed by atoms with Gasteiger partial charge in [0.2, 0.25) is 0 Å². The van der Waals surface area contributed by atoms with E-state index in [0.717, 1.165) is 48.8 Å². The maximum atomic E-state index is 13.9. The van der Waals surface area contributed by atoms with E-state index < -0.39 is 0 Å². The van der Waals surface area contributed by atoms with Gasteiger partial charge in [-0.25, -0.2) is 0 Å². The van der Waals surface area contributed by atoms with Crippen molar-refractivity contribution >= 4 is 11.8 Å². The van der Waals surface area contributed by atoms with Gasteiger partial charge in [-0.05, 0) is 68.4 Å². The number of para-hydroxylation sites is 1. The number of rotatable bonds is 3. The zero-order valence-corrected chi connectivity index (χ0v) is 21.5. The molecule has 0 radical (unpaired) electrons. The lowest BCUT2D eigenvalue weighted by Crippen LogP contribution is -2.45. The first kappa shape index (κ1) is 25.8. The molecule has 1 atom stereocenters. The lowest BCUT2D eigenvalue weighted by Gasteiger charge is -2.34. The second kappa shape index (κ2) is 12.0. The van der Waals surface area contributed by atoms with Crippen LogP contribution in [0.5, 0.6) is 5.75 Å². The maximum Gasteiger partial charge on any atom is 0.257 e. The number of hydrogen-bond donors (Lipinski definition) is 0. The van der Waals surface area contributed by atoms with E-state index in [1.807, 2.05) is 55.3 Å². The fourth-order valence-electron chi connectivity index (χ4n) is 4.66. The summed E-state index contributed by atoms with van der Waals surface area (Å²) in [5, 5.41) is 0. The molecule has 0 bridgehead atoms. The van der Waals surface area contributed by atoms with Crippen molar-refractivity contribution in [3.8, 4) is 5.75 Å². The number of benzene rings is 2. The zero-order valence-electron chi connectivity index (χ0n) is 21.5. The van der Waals surface area contributed by atoms with Gasteiger partial charge in [-0.1, -0.05) is 51.0 Å². The van der Waals surface area contributed by atoms with Crippen LogP contribution in [-0.4, -0.2) is 54.4 Å². The molecule has 1 aliphatic rings. The molecule has 2 aromatic rings. The van der Waals surface area contributed by atoms with Crippen LogP contribution in [0.25, 0.3) is 0 Å². The number of nitrogens with zero attached hydrogens (tertiary/aromatic N) is 2. The highest BCUT2D eigenvalue weighted by Crippen LogP contribution is 2.24. The second-order valence-electron chi connectivity index (χ2n) is 9.98. The third-order valence-corrected chi connectivity index (χ3v) is 6.82. The first-order valence-electron chi connectivity index (χ1n) is 12.6. The molecule has 0 aliphatic carbocycles. The Hall–Kier alpha value is -2.82. The predicted octanol–water partition coefficient (Wildman–Crippen LogP) is 5.89. The van der Waals surface area contributed by atoms with Gasteiger partial charge in [0.15, 0.2) is 0 Å². The zero-order chi connectivity index (χ0) is 24.7. The number of aryl methyl sites for hydroxylation is 1. The summed E-state index contributed by atoms with van der Waals surface area (Å²) < 4.78 is 6.29. The summed E-state index contributed by atoms with van der Waals surface area (Å²) in [6.07, 6.45) is 4.80. The Kier molecular flexibility index (Phi) is 9.14. The van der Waals surface area contributed by atoms with Gasteiger partial charge in [0, 0.05) is 25.7 Å². The van der Waals surface area contributed by atoms with Gasteiger partial charge in [0.1, 0.15) is 12.4 Å². The van der Waals surface area contributed by atoms with E-state index in [2.05, 4.69) is 26.8 Å². The first-order valence-corrected chi connectivity index (χ1v) is 12.6. The normalized spacial score (nSPS) is 18.3. The smallest absolute Gasteiger partial charge is 0.257 e. The minimum atomic E-state index is -0.0729. The van der Waals surface area contributed by atoms with Crippen molar-refractivity contribution in [2.24, 2.45) is 5.92 Å². The summed E-state index contributed by atoms with van der Waals surface area (Å²) in [4.78, 5) is 30.7. The maximum absolute atomic E-state index is 13.9. The van der Waals surface area contributed by atoms with E-state index in [4.69, 9.17) is 4.74 Å². The van der Waals surface area contributed by atoms with E-state index in [-0.39, 0.29) is 17.9 Å². The molecule has 184 valence electrons. The van der Waals surface area contributed by atoms with Crippen LogP contribution in [-0.2, 0) is 0 Å². The molecule has 1 heterocycles. The Morgan fingerprint density at radius 3 is 2.44 bits per heavy atom. The van der Waals surface area contributed by atoms with Crippen LogP contribution in [0.3, 0.4) is 0 Å². The average molecular weight is 465 g/mol. The van der Waals surface area contributed by atoms with Crippen LogP contribution in [0, 0.1) is 19.8 Å². The second-order valence-corrected chi connectivity index (χ2v) is 9.98. The van der Waals surface area contributed by atoms with E-state index in [1.54, 1.807) is 4.90 Å². The van der Waals surface area contributed by atoms with Crippen molar-refractivity contribution in [3.63, 3.8) is 0 Å². The van der Waals surface area contributed by atoms with Crippen LogP contribution in [0.1, 0.15) is 77.8 Å². The molecule has 0 saturated carbocycles. The van der Waals surface area contributed by atoms with Gasteiger partial charge in [-0.2, -0.15) is 0 Å². The molecule has 1 aliphatic heterocycles. The van der Waals surface area contributed by atoms with Gasteiger partial charge in [-0.15, -0.1) is 0 Å². The Bertz CT molecular complexity index is 985. The molecular formula is C29H40N2O3. The number of carbonyl (C=O) groups is 2. The summed E-state index contributed by atoms with van der Waals surface area (Å²) in [5.74, 6) is 1.05. The Morgan fingerprint density at radius 2 is 1.71 bits per heavy atom. The lowest BCUT2D eigenvalue weighted by atomic mass is 9.98. The molecule has 5 heteroatoms. The predicted molar refractivity (Wildman–Crippen MR) is 138 cm³/mol. The monoisotopic (exact) mass is 464 g/mol. The Morgan fingerprint density at radius 1 is 1.00 bits per heavy atom. The molecule has 2 amide bonds. The van der Waals surface area contributed by atoms with E-state index in [9.17, 15) is 9.59 Å². The van der Waals surface area contributed by atoms with Crippen LogP contribution >= 0.6 is 0 Å². The third-order valence-electron chi connectivity index (χ3n) is 6.82. The van der Waals surface area contributed by atoms with E-state index in [0.29, 0.717) is 36.9 Å². The highest BCUT2D eigenvalue weighted by atomic mass is 16.5. The molecule has 3 rings (SSSR count). The molecule has 0 spiro atoms. The fraction of sp³-hybridized carbons (Fsp3) is 0.517. The standard InChI is InChI=1S/C29H40N2O3/c1-21(2)19-24-20-34-27-16-9-8-14-26(27)28(32)30(5)17-10-6-7-11-18-31(24)29(33)25-15-12-13-22(3)23(25)4/h8-9,12-16,21,24H,6-7,10-11,17-20H2,1-5H3/t24-/m0/s1. The first-order chi connectivity index (χ1) is 16.3. The van der Waals surface area contributed by atoms with Crippen LogP contribution in [0.4, 0.5) is 0 Å². The third kappa shape index (κ3) is 6.40. The van der Waals surface area contributed by atoms with Crippen molar-refractivity contribution in [2.75, 3.05) is 26.7 Å². The molecule has 0 saturated heterocycles. The topological polar surface area (TPSA) is 49.9 Å². The van der Waals surface area contributed by atoms with E-state index >= 15 is 0 Å². The Labute approximate surface area is 205 Å². The fourth-order valence-corrected chi connectivity index (χ4v) is 4.66. The molecule has 0 unspecified atom stereocenters. The number of amides is 2. The molecular weight excluding hydrogens is 424 g/mol. The summed E-state index contributed by atoms with van der Waals surface area (Å²) in [6.45, 7) is 10.2. The number of fused-ring (bicyclic) bond motifs is 1. The summed E-state index contributed by atoms with van der Waals surface area (Å²) in [5.41, 5.74) is 3.51. The molecule has 5 nitrogen and oxygen atoms in total. The van der Waals surface area contributed by atoms with Crippen molar-refractivity contribution in [1.29, 1.82) is 0 Å². The number of hydrogen-bond acceptors (Lipinski definition) is 3. The number of ether oxygens (including phenoxy) is 1. The van der Waals surface area contributed by atoms with E-state index in [1.165, 1.54) is 0 Å². The van der Waals surface area contributed by atoms with Crippen LogP contribution in [0.2, 0.25) is 0 Å². The van der Waals surface area contributed by atoms with Crippen molar-refractivity contribution < 1.29 is 14.3 Å². The van der Waals surface area contributed by atoms with Crippen molar-refractivity contribution in [3.05, 3.63) is 64.7 Å². The quantitative estimate of drug-likeness (QED) is 0.569. The minimum Gasteiger partial charge on any atom is -0.491 e. The van der Waals surface area contributed by atoms with Crippen LogP contribution < -0.4 is 4.74 Å². The molecule has 34 heavy (non-hydrogen) atoms.